The molecule has 6 heteroatoms. The van der Waals surface area contributed by atoms with Gasteiger partial charge in [0.2, 0.25) is 5.76 Å². The van der Waals surface area contributed by atoms with Crippen molar-refractivity contribution in [3.05, 3.63) is 17.5 Å². The number of aliphatic carboxylic acids is 1. The van der Waals surface area contributed by atoms with Gasteiger partial charge in [-0.1, -0.05) is 19.0 Å². The van der Waals surface area contributed by atoms with Crippen molar-refractivity contribution in [2.75, 3.05) is 13.6 Å². The van der Waals surface area contributed by atoms with E-state index in [1.165, 1.54) is 13.1 Å². The summed E-state index contributed by atoms with van der Waals surface area (Å²) < 4.78 is 4.86. The molecular formula is C10H14N2O4. The van der Waals surface area contributed by atoms with Crippen LogP contribution in [0.3, 0.4) is 0 Å². The zero-order valence-corrected chi connectivity index (χ0v) is 9.43. The van der Waals surface area contributed by atoms with Gasteiger partial charge in [0, 0.05) is 13.1 Å². The lowest BCUT2D eigenvalue weighted by Gasteiger charge is -2.11. The van der Waals surface area contributed by atoms with Crippen LogP contribution in [-0.2, 0) is 4.79 Å². The van der Waals surface area contributed by atoms with Crippen LogP contribution in [0.5, 0.6) is 0 Å². The average molecular weight is 226 g/mol. The molecule has 1 N–H and O–H groups in total. The highest BCUT2D eigenvalue weighted by atomic mass is 16.5. The second kappa shape index (κ2) is 4.78. The third-order valence-corrected chi connectivity index (χ3v) is 2.05. The number of carbonyl (C=O) groups excluding carboxylic acids is 1. The van der Waals surface area contributed by atoms with Crippen LogP contribution in [0.15, 0.2) is 10.6 Å². The van der Waals surface area contributed by atoms with E-state index in [4.69, 9.17) is 9.63 Å². The third-order valence-electron chi connectivity index (χ3n) is 2.05. The summed E-state index contributed by atoms with van der Waals surface area (Å²) in [4.78, 5) is 23.1. The van der Waals surface area contributed by atoms with Gasteiger partial charge in [-0.15, -0.1) is 0 Å². The summed E-state index contributed by atoms with van der Waals surface area (Å²) in [5.74, 6) is -1.33. The molecule has 0 aromatic carbocycles. The zero-order chi connectivity index (χ0) is 12.3. The quantitative estimate of drug-likeness (QED) is 0.826. The standard InChI is InChI=1S/C10H14N2O4/c1-6(2)7-4-8(16-11-7)10(15)12(3)5-9(13)14/h4,6H,5H2,1-3H3,(H,13,14). The van der Waals surface area contributed by atoms with E-state index in [0.29, 0.717) is 5.69 Å². The van der Waals surface area contributed by atoms with Crippen molar-refractivity contribution in [1.29, 1.82) is 0 Å². The number of nitrogens with zero attached hydrogens (tertiary/aromatic N) is 2. The van der Waals surface area contributed by atoms with E-state index in [0.717, 1.165) is 4.90 Å². The Hall–Kier alpha value is -1.85. The van der Waals surface area contributed by atoms with Gasteiger partial charge < -0.3 is 14.5 Å². The molecule has 1 rings (SSSR count). The maximum atomic E-state index is 11.6. The molecule has 0 aliphatic heterocycles. The minimum atomic E-state index is -1.07. The Morgan fingerprint density at radius 3 is 2.62 bits per heavy atom. The van der Waals surface area contributed by atoms with Gasteiger partial charge in [-0.2, -0.15) is 0 Å². The van der Waals surface area contributed by atoms with Crippen molar-refractivity contribution in [3.8, 4) is 0 Å². The summed E-state index contributed by atoms with van der Waals surface area (Å²) in [5, 5.41) is 12.3. The number of likely N-dealkylation sites (N-methyl/N-ethyl adjacent to an activating group) is 1. The van der Waals surface area contributed by atoms with Crippen LogP contribution in [-0.4, -0.2) is 40.6 Å². The topological polar surface area (TPSA) is 83.6 Å². The molecule has 0 aliphatic carbocycles. The van der Waals surface area contributed by atoms with Gasteiger partial charge in [-0.3, -0.25) is 9.59 Å². The molecule has 1 aromatic rings. The first kappa shape index (κ1) is 12.2. The molecule has 0 atom stereocenters. The predicted octanol–water partition coefficient (Wildman–Crippen LogP) is 0.955. The summed E-state index contributed by atoms with van der Waals surface area (Å²) in [5.41, 5.74) is 0.673. The van der Waals surface area contributed by atoms with Crippen LogP contribution in [0.25, 0.3) is 0 Å². The fourth-order valence-electron chi connectivity index (χ4n) is 1.12. The Morgan fingerprint density at radius 2 is 2.19 bits per heavy atom. The smallest absolute Gasteiger partial charge is 0.323 e. The lowest BCUT2D eigenvalue weighted by atomic mass is 10.1. The largest absolute Gasteiger partial charge is 0.480 e. The van der Waals surface area contributed by atoms with Crippen LogP contribution in [0.1, 0.15) is 36.0 Å². The zero-order valence-electron chi connectivity index (χ0n) is 9.43. The number of carboxylic acid groups (broad SMARTS) is 1. The maximum absolute atomic E-state index is 11.6. The molecular weight excluding hydrogens is 212 g/mol. The summed E-state index contributed by atoms with van der Waals surface area (Å²) >= 11 is 0. The number of carbonyl (C=O) groups is 2. The van der Waals surface area contributed by atoms with Gasteiger partial charge in [0.05, 0.1) is 5.69 Å². The summed E-state index contributed by atoms with van der Waals surface area (Å²) in [7, 11) is 1.40. The van der Waals surface area contributed by atoms with Crippen LogP contribution in [0, 0.1) is 0 Å². The van der Waals surface area contributed by atoms with E-state index >= 15 is 0 Å². The molecule has 88 valence electrons. The van der Waals surface area contributed by atoms with Crippen molar-refractivity contribution in [3.63, 3.8) is 0 Å². The Bertz CT molecular complexity index is 397. The number of hydrogen-bond donors (Lipinski definition) is 1. The average Bonchev–Trinajstić information content (AvgIpc) is 2.64. The predicted molar refractivity (Wildman–Crippen MR) is 55.2 cm³/mol. The van der Waals surface area contributed by atoms with Crippen molar-refractivity contribution in [2.45, 2.75) is 19.8 Å². The first-order chi connectivity index (χ1) is 7.41. The summed E-state index contributed by atoms with van der Waals surface area (Å²) in [6.45, 7) is 3.48. The molecule has 0 fully saturated rings. The normalized spacial score (nSPS) is 10.5. The van der Waals surface area contributed by atoms with Gasteiger partial charge in [0.15, 0.2) is 0 Å². The van der Waals surface area contributed by atoms with E-state index in [2.05, 4.69) is 5.16 Å². The number of carboxylic acids is 1. The van der Waals surface area contributed by atoms with E-state index in [-0.39, 0.29) is 18.2 Å². The maximum Gasteiger partial charge on any atom is 0.323 e. The van der Waals surface area contributed by atoms with Crippen molar-refractivity contribution in [1.82, 2.24) is 10.1 Å². The Morgan fingerprint density at radius 1 is 1.56 bits per heavy atom. The SMILES string of the molecule is CC(C)c1cc(C(=O)N(C)CC(=O)O)on1. The van der Waals surface area contributed by atoms with Crippen molar-refractivity contribution >= 4 is 11.9 Å². The van der Waals surface area contributed by atoms with Crippen LogP contribution >= 0.6 is 0 Å². The molecule has 0 saturated heterocycles. The highest BCUT2D eigenvalue weighted by molar-refractivity contribution is 5.93. The number of rotatable bonds is 4. The first-order valence-electron chi connectivity index (χ1n) is 4.85. The second-order valence-electron chi connectivity index (χ2n) is 3.83. The van der Waals surface area contributed by atoms with Crippen LogP contribution in [0.2, 0.25) is 0 Å². The van der Waals surface area contributed by atoms with Gasteiger partial charge in [-0.05, 0) is 5.92 Å². The van der Waals surface area contributed by atoms with E-state index in [1.807, 2.05) is 13.8 Å². The molecule has 0 unspecified atom stereocenters. The van der Waals surface area contributed by atoms with Gasteiger partial charge in [0.1, 0.15) is 6.54 Å². The Kier molecular flexibility index (Phi) is 3.65. The molecule has 1 heterocycles. The lowest BCUT2D eigenvalue weighted by molar-refractivity contribution is -0.137. The molecule has 1 aromatic heterocycles. The van der Waals surface area contributed by atoms with Gasteiger partial charge in [0.25, 0.3) is 5.91 Å². The highest BCUT2D eigenvalue weighted by Crippen LogP contribution is 2.14. The summed E-state index contributed by atoms with van der Waals surface area (Å²) in [6, 6.07) is 1.53. The van der Waals surface area contributed by atoms with Crippen LogP contribution < -0.4 is 0 Å². The molecule has 16 heavy (non-hydrogen) atoms. The number of amides is 1. The first-order valence-corrected chi connectivity index (χ1v) is 4.85. The number of aromatic nitrogens is 1. The fraction of sp³-hybridized carbons (Fsp3) is 0.500. The molecule has 1 amide bonds. The minimum absolute atomic E-state index is 0.0625. The van der Waals surface area contributed by atoms with E-state index < -0.39 is 11.9 Å². The summed E-state index contributed by atoms with van der Waals surface area (Å²) in [6.07, 6.45) is 0. The van der Waals surface area contributed by atoms with Crippen LogP contribution in [0.4, 0.5) is 0 Å². The molecule has 0 spiro atoms. The third kappa shape index (κ3) is 2.82. The number of hydrogen-bond acceptors (Lipinski definition) is 4. The van der Waals surface area contributed by atoms with Crippen molar-refractivity contribution in [2.24, 2.45) is 0 Å². The molecule has 0 radical (unpaired) electrons. The second-order valence-corrected chi connectivity index (χ2v) is 3.83. The Balaban J connectivity index is 2.76. The highest BCUT2D eigenvalue weighted by Gasteiger charge is 2.19. The molecule has 0 bridgehead atoms. The Labute approximate surface area is 92.8 Å². The van der Waals surface area contributed by atoms with Gasteiger partial charge >= 0.3 is 5.97 Å². The van der Waals surface area contributed by atoms with Gasteiger partial charge in [-0.25, -0.2) is 0 Å². The van der Waals surface area contributed by atoms with E-state index in [9.17, 15) is 9.59 Å². The molecule has 0 aliphatic rings. The molecule has 0 saturated carbocycles. The molecule has 6 nitrogen and oxygen atoms in total. The lowest BCUT2D eigenvalue weighted by Crippen LogP contribution is -2.31. The van der Waals surface area contributed by atoms with Crippen molar-refractivity contribution < 1.29 is 19.2 Å². The van der Waals surface area contributed by atoms with E-state index in [1.54, 1.807) is 0 Å². The monoisotopic (exact) mass is 226 g/mol. The fourth-order valence-corrected chi connectivity index (χ4v) is 1.12. The minimum Gasteiger partial charge on any atom is -0.480 e.